The van der Waals surface area contributed by atoms with Crippen molar-refractivity contribution in [1.29, 1.82) is 0 Å². The molecular weight excluding hydrogens is 294 g/mol. The van der Waals surface area contributed by atoms with Crippen molar-refractivity contribution in [3.05, 3.63) is 42.5 Å². The second-order valence-corrected chi connectivity index (χ2v) is 5.33. The van der Waals surface area contributed by atoms with E-state index in [4.69, 9.17) is 0 Å². The van der Waals surface area contributed by atoms with Crippen LogP contribution in [0.2, 0.25) is 0 Å². The Morgan fingerprint density at radius 2 is 1.87 bits per heavy atom. The number of hydrogen-bond donors (Lipinski definition) is 1. The average Bonchev–Trinajstić information content (AvgIpc) is 3.25. The number of amides is 1. The molecule has 0 aliphatic carbocycles. The molecule has 4 heterocycles. The van der Waals surface area contributed by atoms with Crippen LogP contribution >= 0.6 is 0 Å². The van der Waals surface area contributed by atoms with Crippen LogP contribution in [0.4, 0.5) is 11.8 Å². The predicted octanol–water partition coefficient (Wildman–Crippen LogP) is 1.37. The first kappa shape index (κ1) is 13.6. The molecule has 4 rings (SSSR count). The minimum absolute atomic E-state index is 0.253. The van der Waals surface area contributed by atoms with Gasteiger partial charge in [-0.15, -0.1) is 5.10 Å². The molecule has 23 heavy (non-hydrogen) atoms. The largest absolute Gasteiger partial charge is 0.355 e. The van der Waals surface area contributed by atoms with E-state index in [1.54, 1.807) is 23.0 Å². The summed E-state index contributed by atoms with van der Waals surface area (Å²) in [6.07, 6.45) is 6.99. The standard InChI is InChI=1S/C15H15N7O/c23-14(19-15-16-6-3-7-17-15)11-10-18-12-4-5-13(20-22(11)12)21-8-1-2-9-21/h3-7,10H,1-2,8-9H2,(H,16,17,19,23). The molecule has 0 aromatic carbocycles. The van der Waals surface area contributed by atoms with Gasteiger partial charge in [-0.05, 0) is 31.0 Å². The summed E-state index contributed by atoms with van der Waals surface area (Å²) in [7, 11) is 0. The second-order valence-electron chi connectivity index (χ2n) is 5.33. The van der Waals surface area contributed by atoms with Gasteiger partial charge in [0.05, 0.1) is 6.20 Å². The summed E-state index contributed by atoms with van der Waals surface area (Å²) in [5.74, 6) is 0.774. The van der Waals surface area contributed by atoms with Crippen LogP contribution in [0.1, 0.15) is 23.3 Å². The van der Waals surface area contributed by atoms with Crippen molar-refractivity contribution >= 4 is 23.3 Å². The third-order valence-electron chi connectivity index (χ3n) is 3.80. The van der Waals surface area contributed by atoms with Gasteiger partial charge in [-0.1, -0.05) is 0 Å². The van der Waals surface area contributed by atoms with Crippen LogP contribution < -0.4 is 10.2 Å². The first-order chi connectivity index (χ1) is 11.3. The van der Waals surface area contributed by atoms with Gasteiger partial charge in [0.2, 0.25) is 5.95 Å². The van der Waals surface area contributed by atoms with Crippen LogP contribution in [-0.4, -0.2) is 43.6 Å². The van der Waals surface area contributed by atoms with Crippen molar-refractivity contribution in [2.75, 3.05) is 23.3 Å². The predicted molar refractivity (Wildman–Crippen MR) is 84.4 cm³/mol. The molecule has 1 aliphatic rings. The Morgan fingerprint density at radius 1 is 1.09 bits per heavy atom. The Morgan fingerprint density at radius 3 is 2.65 bits per heavy atom. The first-order valence-corrected chi connectivity index (χ1v) is 7.49. The Bertz CT molecular complexity index is 839. The number of anilines is 2. The van der Waals surface area contributed by atoms with Gasteiger partial charge in [-0.2, -0.15) is 0 Å². The van der Waals surface area contributed by atoms with Crippen molar-refractivity contribution in [2.24, 2.45) is 0 Å². The van der Waals surface area contributed by atoms with Gasteiger partial charge in [0.1, 0.15) is 5.82 Å². The van der Waals surface area contributed by atoms with E-state index in [2.05, 4.69) is 30.3 Å². The number of fused-ring (bicyclic) bond motifs is 1. The fourth-order valence-corrected chi connectivity index (χ4v) is 2.66. The van der Waals surface area contributed by atoms with E-state index >= 15 is 0 Å². The Labute approximate surface area is 132 Å². The normalized spacial score (nSPS) is 14.3. The molecule has 8 heteroatoms. The number of nitrogens with zero attached hydrogens (tertiary/aromatic N) is 6. The zero-order valence-corrected chi connectivity index (χ0v) is 12.4. The number of carbonyl (C=O) groups is 1. The first-order valence-electron chi connectivity index (χ1n) is 7.49. The lowest BCUT2D eigenvalue weighted by atomic mass is 10.4. The third-order valence-corrected chi connectivity index (χ3v) is 3.80. The maximum atomic E-state index is 12.4. The van der Waals surface area contributed by atoms with Crippen molar-refractivity contribution in [2.45, 2.75) is 12.8 Å². The molecule has 1 fully saturated rings. The molecule has 8 nitrogen and oxygen atoms in total. The molecule has 1 aliphatic heterocycles. The number of hydrogen-bond acceptors (Lipinski definition) is 6. The zero-order chi connectivity index (χ0) is 15.6. The molecule has 0 bridgehead atoms. The Hall–Kier alpha value is -3.03. The van der Waals surface area contributed by atoms with E-state index in [-0.39, 0.29) is 11.9 Å². The maximum absolute atomic E-state index is 12.4. The van der Waals surface area contributed by atoms with Crippen LogP contribution in [0.3, 0.4) is 0 Å². The summed E-state index contributed by atoms with van der Waals surface area (Å²) in [6.45, 7) is 1.99. The van der Waals surface area contributed by atoms with Crippen molar-refractivity contribution in [3.63, 3.8) is 0 Å². The van der Waals surface area contributed by atoms with E-state index in [9.17, 15) is 4.79 Å². The number of carbonyl (C=O) groups excluding carboxylic acids is 1. The molecular formula is C15H15N7O. The molecule has 0 spiro atoms. The van der Waals surface area contributed by atoms with Crippen molar-refractivity contribution < 1.29 is 4.79 Å². The minimum atomic E-state index is -0.338. The fourth-order valence-electron chi connectivity index (χ4n) is 2.66. The smallest absolute Gasteiger partial charge is 0.278 e. The third kappa shape index (κ3) is 2.59. The molecule has 3 aromatic heterocycles. The SMILES string of the molecule is O=C(Nc1ncccn1)c1cnc2ccc(N3CCCC3)nn12. The molecule has 3 aromatic rings. The van der Waals surface area contributed by atoms with E-state index in [1.807, 2.05) is 12.1 Å². The molecule has 0 atom stereocenters. The monoisotopic (exact) mass is 309 g/mol. The van der Waals surface area contributed by atoms with E-state index in [0.717, 1.165) is 18.9 Å². The van der Waals surface area contributed by atoms with Gasteiger partial charge in [-0.3, -0.25) is 10.1 Å². The van der Waals surface area contributed by atoms with E-state index < -0.39 is 0 Å². The quantitative estimate of drug-likeness (QED) is 0.786. The van der Waals surface area contributed by atoms with E-state index in [0.29, 0.717) is 11.3 Å². The van der Waals surface area contributed by atoms with Crippen LogP contribution in [0.5, 0.6) is 0 Å². The van der Waals surface area contributed by atoms with Gasteiger partial charge < -0.3 is 4.90 Å². The lowest BCUT2D eigenvalue weighted by Gasteiger charge is -2.16. The van der Waals surface area contributed by atoms with E-state index in [1.165, 1.54) is 19.0 Å². The molecule has 0 radical (unpaired) electrons. The highest BCUT2D eigenvalue weighted by Gasteiger charge is 2.18. The topological polar surface area (TPSA) is 88.3 Å². The van der Waals surface area contributed by atoms with Gasteiger partial charge in [0, 0.05) is 25.5 Å². The Kier molecular flexibility index (Phi) is 3.34. The minimum Gasteiger partial charge on any atom is -0.355 e. The molecule has 1 N–H and O–H groups in total. The molecule has 116 valence electrons. The summed E-state index contributed by atoms with van der Waals surface area (Å²) in [4.78, 5) is 26.8. The highest BCUT2D eigenvalue weighted by Crippen LogP contribution is 2.18. The average molecular weight is 309 g/mol. The summed E-state index contributed by atoms with van der Waals surface area (Å²) in [6, 6.07) is 5.50. The van der Waals surface area contributed by atoms with Gasteiger partial charge in [0.15, 0.2) is 11.3 Å². The highest BCUT2D eigenvalue weighted by molar-refractivity contribution is 6.02. The molecule has 1 saturated heterocycles. The molecule has 1 amide bonds. The summed E-state index contributed by atoms with van der Waals surface area (Å²) >= 11 is 0. The summed E-state index contributed by atoms with van der Waals surface area (Å²) in [5, 5.41) is 7.21. The highest BCUT2D eigenvalue weighted by atomic mass is 16.2. The molecule has 0 saturated carbocycles. The maximum Gasteiger partial charge on any atom is 0.278 e. The zero-order valence-electron chi connectivity index (χ0n) is 12.4. The summed E-state index contributed by atoms with van der Waals surface area (Å²) in [5.41, 5.74) is 0.987. The summed E-state index contributed by atoms with van der Waals surface area (Å²) < 4.78 is 1.56. The van der Waals surface area contributed by atoms with Crippen LogP contribution in [-0.2, 0) is 0 Å². The lowest BCUT2D eigenvalue weighted by molar-refractivity contribution is 0.101. The number of aromatic nitrogens is 5. The Balaban J connectivity index is 1.66. The van der Waals surface area contributed by atoms with Gasteiger partial charge in [0.25, 0.3) is 5.91 Å². The number of rotatable bonds is 3. The lowest BCUT2D eigenvalue weighted by Crippen LogP contribution is -2.21. The van der Waals surface area contributed by atoms with Gasteiger partial charge in [-0.25, -0.2) is 19.5 Å². The van der Waals surface area contributed by atoms with Gasteiger partial charge >= 0.3 is 0 Å². The second kappa shape index (κ2) is 5.64. The van der Waals surface area contributed by atoms with Crippen LogP contribution in [0.25, 0.3) is 5.65 Å². The number of imidazole rings is 1. The van der Waals surface area contributed by atoms with Crippen LogP contribution in [0.15, 0.2) is 36.8 Å². The van der Waals surface area contributed by atoms with Crippen LogP contribution in [0, 0.1) is 0 Å². The van der Waals surface area contributed by atoms with Crippen molar-refractivity contribution in [3.8, 4) is 0 Å². The number of nitrogens with one attached hydrogen (secondary N) is 1. The van der Waals surface area contributed by atoms with Crippen molar-refractivity contribution in [1.82, 2.24) is 24.6 Å². The fraction of sp³-hybridized carbons (Fsp3) is 0.267. The molecule has 0 unspecified atom stereocenters.